The SMILES string of the molecule is CCCNCc1c(C)nn(-c2ccc(Br)cc2)c1C. The zero-order chi connectivity index (χ0) is 13.8. The fraction of sp³-hybridized carbons (Fsp3) is 0.400. The van der Waals surface area contributed by atoms with Crippen LogP contribution in [0.2, 0.25) is 0 Å². The van der Waals surface area contributed by atoms with Crippen molar-refractivity contribution in [2.45, 2.75) is 33.7 Å². The van der Waals surface area contributed by atoms with E-state index in [4.69, 9.17) is 0 Å². The van der Waals surface area contributed by atoms with Gasteiger partial charge in [0.2, 0.25) is 0 Å². The van der Waals surface area contributed by atoms with Gasteiger partial charge in [0, 0.05) is 22.3 Å². The second-order valence-electron chi connectivity index (χ2n) is 4.71. The molecule has 0 radical (unpaired) electrons. The summed E-state index contributed by atoms with van der Waals surface area (Å²) in [5, 5.41) is 8.10. The fourth-order valence-electron chi connectivity index (χ4n) is 2.15. The molecule has 2 aromatic rings. The molecule has 2 rings (SSSR count). The number of aromatic nitrogens is 2. The molecule has 0 aliphatic heterocycles. The Morgan fingerprint density at radius 3 is 2.53 bits per heavy atom. The number of rotatable bonds is 5. The summed E-state index contributed by atoms with van der Waals surface area (Å²) in [5.74, 6) is 0. The Labute approximate surface area is 123 Å². The third kappa shape index (κ3) is 3.25. The van der Waals surface area contributed by atoms with E-state index >= 15 is 0 Å². The van der Waals surface area contributed by atoms with Gasteiger partial charge in [0.25, 0.3) is 0 Å². The van der Waals surface area contributed by atoms with Crippen LogP contribution < -0.4 is 5.32 Å². The number of nitrogens with one attached hydrogen (secondary N) is 1. The Balaban J connectivity index is 2.27. The van der Waals surface area contributed by atoms with Crippen molar-refractivity contribution in [2.75, 3.05) is 6.54 Å². The van der Waals surface area contributed by atoms with Crippen LogP contribution in [0.15, 0.2) is 28.7 Å². The Morgan fingerprint density at radius 1 is 1.21 bits per heavy atom. The van der Waals surface area contributed by atoms with Gasteiger partial charge in [0.1, 0.15) is 0 Å². The number of nitrogens with zero attached hydrogens (tertiary/aromatic N) is 2. The number of aryl methyl sites for hydroxylation is 1. The van der Waals surface area contributed by atoms with Crippen molar-refractivity contribution in [3.05, 3.63) is 45.7 Å². The van der Waals surface area contributed by atoms with Crippen LogP contribution in [0.3, 0.4) is 0 Å². The third-order valence-corrected chi connectivity index (χ3v) is 3.77. The number of halogens is 1. The van der Waals surface area contributed by atoms with Crippen molar-refractivity contribution in [3.63, 3.8) is 0 Å². The Hall–Kier alpha value is -1.13. The smallest absolute Gasteiger partial charge is 0.0649 e. The van der Waals surface area contributed by atoms with E-state index in [0.717, 1.165) is 35.4 Å². The van der Waals surface area contributed by atoms with E-state index in [1.165, 1.54) is 11.3 Å². The van der Waals surface area contributed by atoms with Gasteiger partial charge in [-0.1, -0.05) is 22.9 Å². The lowest BCUT2D eigenvalue weighted by atomic mass is 10.2. The summed E-state index contributed by atoms with van der Waals surface area (Å²) in [5.41, 5.74) is 4.72. The van der Waals surface area contributed by atoms with Crippen LogP contribution in [-0.4, -0.2) is 16.3 Å². The standard InChI is InChI=1S/C15H20BrN3/c1-4-9-17-10-15-11(2)18-19(12(15)3)14-7-5-13(16)6-8-14/h5-8,17H,4,9-10H2,1-3H3. The van der Waals surface area contributed by atoms with Crippen molar-refractivity contribution in [1.29, 1.82) is 0 Å². The molecule has 0 aliphatic rings. The van der Waals surface area contributed by atoms with Crippen LogP contribution in [-0.2, 0) is 6.54 Å². The summed E-state index contributed by atoms with van der Waals surface area (Å²) in [7, 11) is 0. The molecule has 1 N–H and O–H groups in total. The minimum atomic E-state index is 0.891. The van der Waals surface area contributed by atoms with Crippen LogP contribution in [0.25, 0.3) is 5.69 Å². The maximum Gasteiger partial charge on any atom is 0.0649 e. The highest BCUT2D eigenvalue weighted by Gasteiger charge is 2.12. The maximum absolute atomic E-state index is 4.65. The van der Waals surface area contributed by atoms with Crippen LogP contribution in [0.5, 0.6) is 0 Å². The molecule has 0 bridgehead atoms. The molecule has 19 heavy (non-hydrogen) atoms. The van der Waals surface area contributed by atoms with Gasteiger partial charge < -0.3 is 5.32 Å². The van der Waals surface area contributed by atoms with E-state index in [2.05, 4.69) is 59.2 Å². The summed E-state index contributed by atoms with van der Waals surface area (Å²) in [6.45, 7) is 8.32. The van der Waals surface area contributed by atoms with E-state index in [9.17, 15) is 0 Å². The highest BCUT2D eigenvalue weighted by atomic mass is 79.9. The zero-order valence-electron chi connectivity index (χ0n) is 11.7. The van der Waals surface area contributed by atoms with Crippen molar-refractivity contribution in [3.8, 4) is 5.69 Å². The molecule has 1 aromatic heterocycles. The first-order valence-electron chi connectivity index (χ1n) is 6.65. The number of hydrogen-bond acceptors (Lipinski definition) is 2. The Bertz CT molecular complexity index is 543. The molecule has 0 spiro atoms. The van der Waals surface area contributed by atoms with E-state index in [-0.39, 0.29) is 0 Å². The molecule has 0 aliphatic carbocycles. The van der Waals surface area contributed by atoms with Gasteiger partial charge in [-0.15, -0.1) is 0 Å². The maximum atomic E-state index is 4.65. The molecule has 1 aromatic carbocycles. The summed E-state index contributed by atoms with van der Waals surface area (Å²) in [4.78, 5) is 0. The summed E-state index contributed by atoms with van der Waals surface area (Å²) in [6.07, 6.45) is 1.15. The van der Waals surface area contributed by atoms with Crippen molar-refractivity contribution < 1.29 is 0 Å². The highest BCUT2D eigenvalue weighted by Crippen LogP contribution is 2.19. The van der Waals surface area contributed by atoms with Crippen molar-refractivity contribution >= 4 is 15.9 Å². The predicted octanol–water partition coefficient (Wildman–Crippen LogP) is 3.75. The average molecular weight is 322 g/mol. The van der Waals surface area contributed by atoms with E-state index < -0.39 is 0 Å². The normalized spacial score (nSPS) is 10.9. The predicted molar refractivity (Wildman–Crippen MR) is 82.7 cm³/mol. The van der Waals surface area contributed by atoms with Gasteiger partial charge >= 0.3 is 0 Å². The molecule has 102 valence electrons. The molecule has 3 nitrogen and oxygen atoms in total. The summed E-state index contributed by atoms with van der Waals surface area (Å²) in [6, 6.07) is 8.24. The van der Waals surface area contributed by atoms with Crippen LogP contribution in [0.4, 0.5) is 0 Å². The molecule has 1 heterocycles. The topological polar surface area (TPSA) is 29.9 Å². The molecule has 0 saturated carbocycles. The third-order valence-electron chi connectivity index (χ3n) is 3.24. The highest BCUT2D eigenvalue weighted by molar-refractivity contribution is 9.10. The zero-order valence-corrected chi connectivity index (χ0v) is 13.3. The lowest BCUT2D eigenvalue weighted by Crippen LogP contribution is -2.15. The van der Waals surface area contributed by atoms with Gasteiger partial charge in [0.15, 0.2) is 0 Å². The van der Waals surface area contributed by atoms with Crippen LogP contribution >= 0.6 is 15.9 Å². The lowest BCUT2D eigenvalue weighted by molar-refractivity contribution is 0.670. The lowest BCUT2D eigenvalue weighted by Gasteiger charge is -2.06. The first-order valence-corrected chi connectivity index (χ1v) is 7.44. The first-order chi connectivity index (χ1) is 9.13. The second-order valence-corrected chi connectivity index (χ2v) is 5.63. The summed E-state index contributed by atoms with van der Waals surface area (Å²) >= 11 is 3.46. The fourth-order valence-corrected chi connectivity index (χ4v) is 2.42. The van der Waals surface area contributed by atoms with Crippen molar-refractivity contribution in [2.24, 2.45) is 0 Å². The van der Waals surface area contributed by atoms with E-state index in [1.807, 2.05) is 16.8 Å². The molecule has 0 atom stereocenters. The van der Waals surface area contributed by atoms with Crippen LogP contribution in [0.1, 0.15) is 30.3 Å². The van der Waals surface area contributed by atoms with E-state index in [0.29, 0.717) is 0 Å². The van der Waals surface area contributed by atoms with E-state index in [1.54, 1.807) is 0 Å². The van der Waals surface area contributed by atoms with Crippen LogP contribution in [0, 0.1) is 13.8 Å². The monoisotopic (exact) mass is 321 g/mol. The van der Waals surface area contributed by atoms with Gasteiger partial charge in [-0.25, -0.2) is 4.68 Å². The molecule has 0 saturated heterocycles. The number of hydrogen-bond donors (Lipinski definition) is 1. The molecular formula is C15H20BrN3. The first kappa shape index (κ1) is 14.3. The minimum absolute atomic E-state index is 0.891. The Morgan fingerprint density at radius 2 is 1.89 bits per heavy atom. The quantitative estimate of drug-likeness (QED) is 0.850. The largest absolute Gasteiger partial charge is 0.313 e. The molecule has 4 heteroatoms. The number of benzene rings is 1. The minimum Gasteiger partial charge on any atom is -0.313 e. The van der Waals surface area contributed by atoms with Gasteiger partial charge in [-0.05, 0) is 51.1 Å². The van der Waals surface area contributed by atoms with Gasteiger partial charge in [-0.3, -0.25) is 0 Å². The van der Waals surface area contributed by atoms with Crippen molar-refractivity contribution in [1.82, 2.24) is 15.1 Å². The van der Waals surface area contributed by atoms with Gasteiger partial charge in [0.05, 0.1) is 11.4 Å². The summed E-state index contributed by atoms with van der Waals surface area (Å²) < 4.78 is 3.10. The van der Waals surface area contributed by atoms with Gasteiger partial charge in [-0.2, -0.15) is 5.10 Å². The molecule has 0 unspecified atom stereocenters. The Kier molecular flexibility index (Phi) is 4.77. The molecule has 0 fully saturated rings. The molecule has 0 amide bonds. The average Bonchev–Trinajstić information content (AvgIpc) is 2.68. The molecular weight excluding hydrogens is 302 g/mol. The second kappa shape index (κ2) is 6.35.